The molecule has 9 heteroatoms. The highest BCUT2D eigenvalue weighted by molar-refractivity contribution is 7.99. The van der Waals surface area contributed by atoms with Crippen molar-refractivity contribution >= 4 is 81.3 Å². The maximum absolute atomic E-state index is 11.1. The van der Waals surface area contributed by atoms with Gasteiger partial charge >= 0.3 is 11.9 Å². The molecule has 0 aromatic heterocycles. The Kier molecular flexibility index (Phi) is 6.89. The lowest BCUT2D eigenvalue weighted by molar-refractivity contribution is -0.131. The second-order valence-electron chi connectivity index (χ2n) is 5.15. The van der Waals surface area contributed by atoms with Crippen molar-refractivity contribution in [3.05, 3.63) is 68.6 Å². The van der Waals surface area contributed by atoms with Gasteiger partial charge in [0.25, 0.3) is 0 Å². The molecule has 140 valence electrons. The van der Waals surface area contributed by atoms with Gasteiger partial charge in [-0.3, -0.25) is 0 Å². The zero-order valence-electron chi connectivity index (χ0n) is 13.4. The molecule has 0 aliphatic carbocycles. The van der Waals surface area contributed by atoms with E-state index in [1.807, 2.05) is 0 Å². The first-order chi connectivity index (χ1) is 12.6. The SMILES string of the molecule is C=C(C(=O)O)c1ccc(Sc2ccc(C(=C)C(=O)O)c(Cl)c2Cl)c(Cl)c1Cl. The highest BCUT2D eigenvalue weighted by Crippen LogP contribution is 2.45. The van der Waals surface area contributed by atoms with Crippen LogP contribution < -0.4 is 0 Å². The normalized spacial score (nSPS) is 10.5. The van der Waals surface area contributed by atoms with Gasteiger partial charge in [-0.25, -0.2) is 9.59 Å². The fraction of sp³-hybridized carbons (Fsp3) is 0. The lowest BCUT2D eigenvalue weighted by Crippen LogP contribution is -1.99. The van der Waals surface area contributed by atoms with E-state index in [0.717, 1.165) is 11.8 Å². The third-order valence-corrected chi connectivity index (χ3v) is 6.59. The van der Waals surface area contributed by atoms with Crippen molar-refractivity contribution in [1.29, 1.82) is 0 Å². The topological polar surface area (TPSA) is 74.6 Å². The second kappa shape index (κ2) is 8.59. The summed E-state index contributed by atoms with van der Waals surface area (Å²) < 4.78 is 0. The van der Waals surface area contributed by atoms with E-state index >= 15 is 0 Å². The van der Waals surface area contributed by atoms with Gasteiger partial charge in [-0.1, -0.05) is 83.5 Å². The minimum absolute atomic E-state index is 0.0483. The van der Waals surface area contributed by atoms with Gasteiger partial charge in [0.2, 0.25) is 0 Å². The molecule has 0 aliphatic heterocycles. The summed E-state index contributed by atoms with van der Waals surface area (Å²) in [4.78, 5) is 23.1. The number of carbonyl (C=O) groups is 2. The Hall–Kier alpha value is -1.63. The predicted octanol–water partition coefficient (Wildman–Crippen LogP) is 6.65. The van der Waals surface area contributed by atoms with Gasteiger partial charge in [-0.2, -0.15) is 0 Å². The quantitative estimate of drug-likeness (QED) is 0.469. The molecule has 0 fully saturated rings. The zero-order valence-corrected chi connectivity index (χ0v) is 17.2. The molecule has 0 bridgehead atoms. The third-order valence-electron chi connectivity index (χ3n) is 3.48. The summed E-state index contributed by atoms with van der Waals surface area (Å²) in [6, 6.07) is 6.14. The first kappa shape index (κ1) is 21.7. The maximum Gasteiger partial charge on any atom is 0.335 e. The molecule has 0 amide bonds. The van der Waals surface area contributed by atoms with Gasteiger partial charge in [0, 0.05) is 20.9 Å². The molecule has 2 rings (SSSR count). The van der Waals surface area contributed by atoms with Crippen LogP contribution in [0.1, 0.15) is 11.1 Å². The van der Waals surface area contributed by atoms with Crippen LogP contribution in [-0.4, -0.2) is 22.2 Å². The van der Waals surface area contributed by atoms with E-state index in [-0.39, 0.29) is 42.4 Å². The van der Waals surface area contributed by atoms with E-state index in [1.54, 1.807) is 12.1 Å². The van der Waals surface area contributed by atoms with Gasteiger partial charge in [0.15, 0.2) is 0 Å². The number of carboxylic acid groups (broad SMARTS) is 2. The summed E-state index contributed by atoms with van der Waals surface area (Å²) in [5, 5.41) is 18.5. The third kappa shape index (κ3) is 4.45. The Bertz CT molecular complexity index is 922. The fourth-order valence-electron chi connectivity index (χ4n) is 2.04. The monoisotopic (exact) mass is 462 g/mol. The van der Waals surface area contributed by atoms with Crippen LogP contribution >= 0.6 is 58.2 Å². The average Bonchev–Trinajstić information content (AvgIpc) is 2.61. The molecule has 0 unspecified atom stereocenters. The number of aliphatic carboxylic acids is 2. The summed E-state index contributed by atoms with van der Waals surface area (Å²) in [5.74, 6) is -2.42. The summed E-state index contributed by atoms with van der Waals surface area (Å²) >= 11 is 26.0. The highest BCUT2D eigenvalue weighted by Gasteiger charge is 2.20. The molecule has 0 saturated carbocycles. The Morgan fingerprint density at radius 1 is 0.704 bits per heavy atom. The minimum Gasteiger partial charge on any atom is -0.478 e. The first-order valence-electron chi connectivity index (χ1n) is 7.05. The van der Waals surface area contributed by atoms with Gasteiger partial charge in [-0.05, 0) is 12.1 Å². The van der Waals surface area contributed by atoms with Crippen LogP contribution in [0.5, 0.6) is 0 Å². The van der Waals surface area contributed by atoms with Crippen LogP contribution in [0.4, 0.5) is 0 Å². The number of benzene rings is 2. The van der Waals surface area contributed by atoms with Crippen LogP contribution in [0.25, 0.3) is 11.1 Å². The highest BCUT2D eigenvalue weighted by atomic mass is 35.5. The summed E-state index contributed by atoms with van der Waals surface area (Å²) in [6.07, 6.45) is 0. The Labute approximate surface area is 179 Å². The van der Waals surface area contributed by atoms with Crippen molar-refractivity contribution in [3.8, 4) is 0 Å². The molecular formula is C18H10Cl4O4S. The van der Waals surface area contributed by atoms with Gasteiger partial charge in [-0.15, -0.1) is 0 Å². The average molecular weight is 464 g/mol. The van der Waals surface area contributed by atoms with E-state index in [2.05, 4.69) is 13.2 Å². The van der Waals surface area contributed by atoms with Gasteiger partial charge in [0.1, 0.15) is 0 Å². The van der Waals surface area contributed by atoms with Crippen molar-refractivity contribution < 1.29 is 19.8 Å². The van der Waals surface area contributed by atoms with E-state index in [0.29, 0.717) is 9.79 Å². The number of carboxylic acids is 2. The summed E-state index contributed by atoms with van der Waals surface area (Å²) in [5.41, 5.74) is 0.0404. The lowest BCUT2D eigenvalue weighted by atomic mass is 10.1. The number of hydrogen-bond acceptors (Lipinski definition) is 3. The fourth-order valence-corrected chi connectivity index (χ4v) is 4.16. The van der Waals surface area contributed by atoms with Crippen LogP contribution in [0.15, 0.2) is 47.2 Å². The van der Waals surface area contributed by atoms with E-state index < -0.39 is 11.9 Å². The van der Waals surface area contributed by atoms with Crippen molar-refractivity contribution in [3.63, 3.8) is 0 Å². The van der Waals surface area contributed by atoms with Gasteiger partial charge < -0.3 is 10.2 Å². The minimum atomic E-state index is -1.21. The maximum atomic E-state index is 11.1. The van der Waals surface area contributed by atoms with Crippen LogP contribution in [0.2, 0.25) is 20.1 Å². The standard InChI is InChI=1S/C18H10Cl4O4S/c1-7(17(23)24)9-3-5-11(15(21)13(9)19)27-12-6-4-10(8(2)18(25)26)14(20)16(12)22/h3-6H,1-2H2,(H,23,24)(H,25,26). The molecular weight excluding hydrogens is 454 g/mol. The molecule has 4 nitrogen and oxygen atoms in total. The Balaban J connectivity index is 2.43. The summed E-state index contributed by atoms with van der Waals surface area (Å²) in [6.45, 7) is 6.92. The molecule has 0 aliphatic rings. The van der Waals surface area contributed by atoms with Crippen molar-refractivity contribution in [2.45, 2.75) is 9.79 Å². The van der Waals surface area contributed by atoms with Crippen molar-refractivity contribution in [2.75, 3.05) is 0 Å². The van der Waals surface area contributed by atoms with Crippen LogP contribution in [0, 0.1) is 0 Å². The molecule has 2 aromatic rings. The van der Waals surface area contributed by atoms with E-state index in [9.17, 15) is 9.59 Å². The smallest absolute Gasteiger partial charge is 0.335 e. The van der Waals surface area contributed by atoms with Crippen LogP contribution in [0.3, 0.4) is 0 Å². The molecule has 0 spiro atoms. The molecule has 0 heterocycles. The van der Waals surface area contributed by atoms with Crippen LogP contribution in [-0.2, 0) is 9.59 Å². The van der Waals surface area contributed by atoms with E-state index in [1.165, 1.54) is 12.1 Å². The number of halogens is 4. The van der Waals surface area contributed by atoms with Crippen molar-refractivity contribution in [1.82, 2.24) is 0 Å². The Morgan fingerprint density at radius 3 is 1.33 bits per heavy atom. The van der Waals surface area contributed by atoms with E-state index in [4.69, 9.17) is 56.6 Å². The molecule has 0 saturated heterocycles. The van der Waals surface area contributed by atoms with Crippen molar-refractivity contribution in [2.24, 2.45) is 0 Å². The molecule has 0 atom stereocenters. The Morgan fingerprint density at radius 2 is 1.04 bits per heavy atom. The van der Waals surface area contributed by atoms with Gasteiger partial charge in [0.05, 0.1) is 31.2 Å². The predicted molar refractivity (Wildman–Crippen MR) is 110 cm³/mol. The lowest BCUT2D eigenvalue weighted by Gasteiger charge is -2.13. The zero-order chi connectivity index (χ0) is 20.5. The largest absolute Gasteiger partial charge is 0.478 e. The molecule has 27 heavy (non-hydrogen) atoms. The molecule has 2 aromatic carbocycles. The molecule has 0 radical (unpaired) electrons. The number of hydrogen-bond donors (Lipinski definition) is 2. The number of rotatable bonds is 6. The first-order valence-corrected chi connectivity index (χ1v) is 9.38. The second-order valence-corrected chi connectivity index (χ2v) is 7.74. The molecule has 2 N–H and O–H groups in total. The summed E-state index contributed by atoms with van der Waals surface area (Å²) in [7, 11) is 0.